The van der Waals surface area contributed by atoms with Crippen molar-refractivity contribution in [1.82, 2.24) is 15.4 Å². The van der Waals surface area contributed by atoms with Crippen LogP contribution in [0.1, 0.15) is 11.1 Å². The number of nitrogens with one attached hydrogen (secondary N) is 1. The number of thiazole rings is 1. The van der Waals surface area contributed by atoms with Gasteiger partial charge in [-0.05, 0) is 35.9 Å². The lowest BCUT2D eigenvalue weighted by molar-refractivity contribution is -0.132. The molecular formula is C27H22N4O4S2. The van der Waals surface area contributed by atoms with Gasteiger partial charge in [-0.2, -0.15) is 5.01 Å². The zero-order valence-corrected chi connectivity index (χ0v) is 21.6. The number of ether oxygens (including phenoxy) is 2. The molecule has 0 saturated carbocycles. The summed E-state index contributed by atoms with van der Waals surface area (Å²) in [4.78, 5) is 35.3. The summed E-state index contributed by atoms with van der Waals surface area (Å²) in [5, 5.41) is 1.20. The minimum absolute atomic E-state index is 0.0976. The number of nitrogens with zero attached hydrogens (tertiary/aromatic N) is 3. The molecule has 1 N–H and O–H groups in total. The molecule has 0 aliphatic carbocycles. The number of hydrogen-bond donors (Lipinski definition) is 1. The smallest absolute Gasteiger partial charge is 0.297 e. The van der Waals surface area contributed by atoms with Crippen molar-refractivity contribution >= 4 is 57.0 Å². The van der Waals surface area contributed by atoms with E-state index in [1.54, 1.807) is 38.5 Å². The van der Waals surface area contributed by atoms with Crippen LogP contribution in [0.15, 0.2) is 87.8 Å². The predicted octanol–water partition coefficient (Wildman–Crippen LogP) is 4.77. The lowest BCUT2D eigenvalue weighted by Gasteiger charge is -2.19. The molecule has 3 aromatic carbocycles. The highest BCUT2D eigenvalue weighted by atomic mass is 32.2. The Labute approximate surface area is 221 Å². The summed E-state index contributed by atoms with van der Waals surface area (Å²) in [6, 6.07) is 22.4. The fourth-order valence-electron chi connectivity index (χ4n) is 3.70. The number of aromatic nitrogens is 1. The van der Waals surface area contributed by atoms with Crippen molar-refractivity contribution in [3.63, 3.8) is 0 Å². The van der Waals surface area contributed by atoms with Crippen molar-refractivity contribution in [2.45, 2.75) is 4.34 Å². The molecule has 0 bridgehead atoms. The predicted molar refractivity (Wildman–Crippen MR) is 146 cm³/mol. The number of amides is 2. The third-order valence-corrected chi connectivity index (χ3v) is 7.62. The lowest BCUT2D eigenvalue weighted by atomic mass is 10.1. The van der Waals surface area contributed by atoms with Gasteiger partial charge < -0.3 is 9.47 Å². The van der Waals surface area contributed by atoms with Gasteiger partial charge >= 0.3 is 0 Å². The zero-order valence-electron chi connectivity index (χ0n) is 20.0. The number of carbonyl (C=O) groups is 2. The van der Waals surface area contributed by atoms with E-state index in [4.69, 9.17) is 9.47 Å². The number of rotatable bonds is 8. The van der Waals surface area contributed by atoms with E-state index in [-0.39, 0.29) is 17.4 Å². The first-order valence-electron chi connectivity index (χ1n) is 11.3. The quantitative estimate of drug-likeness (QED) is 0.261. The first-order chi connectivity index (χ1) is 18.1. The van der Waals surface area contributed by atoms with Crippen LogP contribution >= 0.6 is 23.1 Å². The van der Waals surface area contributed by atoms with E-state index in [2.05, 4.69) is 15.4 Å². The Morgan fingerprint density at radius 3 is 2.54 bits per heavy atom. The molecule has 8 nitrogen and oxygen atoms in total. The Morgan fingerprint density at radius 1 is 1.03 bits per heavy atom. The summed E-state index contributed by atoms with van der Waals surface area (Å²) in [5.74, 6) is 0.777. The number of hydrazine groups is 1. The summed E-state index contributed by atoms with van der Waals surface area (Å²) in [5.41, 5.74) is 5.21. The zero-order chi connectivity index (χ0) is 25.8. The third-order valence-electron chi connectivity index (χ3n) is 5.44. The number of para-hydroxylation sites is 1. The molecule has 186 valence electrons. The van der Waals surface area contributed by atoms with Gasteiger partial charge in [0.25, 0.3) is 5.91 Å². The molecule has 4 aromatic rings. The van der Waals surface area contributed by atoms with Crippen molar-refractivity contribution in [2.24, 2.45) is 4.99 Å². The second kappa shape index (κ2) is 10.9. The standard InChI is InChI=1S/C27H22N4O4S2/c1-34-21-13-12-17(15-22(21)35-2)14-20-26(33)31(25(28-20)18-8-4-3-5-9-18)30-24(32)16-36-27-29-19-10-6-7-11-23(19)37-27/h3-15H,16H2,1-2H3,(H,30,32)/b20-14-. The molecular weight excluding hydrogens is 508 g/mol. The molecule has 0 spiro atoms. The van der Waals surface area contributed by atoms with E-state index in [0.29, 0.717) is 28.5 Å². The highest BCUT2D eigenvalue weighted by Gasteiger charge is 2.32. The lowest BCUT2D eigenvalue weighted by Crippen LogP contribution is -2.48. The highest BCUT2D eigenvalue weighted by Crippen LogP contribution is 2.31. The average Bonchev–Trinajstić information content (AvgIpc) is 3.48. The molecule has 10 heteroatoms. The second-order valence-corrected chi connectivity index (χ2v) is 10.1. The van der Waals surface area contributed by atoms with Crippen LogP contribution < -0.4 is 14.9 Å². The van der Waals surface area contributed by atoms with Crippen molar-refractivity contribution in [3.05, 3.63) is 89.6 Å². The van der Waals surface area contributed by atoms with E-state index in [1.165, 1.54) is 28.1 Å². The van der Waals surface area contributed by atoms with Crippen LogP contribution in [-0.4, -0.2) is 47.6 Å². The van der Waals surface area contributed by atoms with Gasteiger partial charge in [-0.15, -0.1) is 11.3 Å². The molecule has 0 fully saturated rings. The summed E-state index contributed by atoms with van der Waals surface area (Å²) >= 11 is 2.85. The Kier molecular flexibility index (Phi) is 7.20. The maximum Gasteiger partial charge on any atom is 0.297 e. The van der Waals surface area contributed by atoms with Crippen LogP contribution in [0, 0.1) is 0 Å². The highest BCUT2D eigenvalue weighted by molar-refractivity contribution is 8.01. The summed E-state index contributed by atoms with van der Waals surface area (Å²) in [6.45, 7) is 0. The first-order valence-corrected chi connectivity index (χ1v) is 13.1. The van der Waals surface area contributed by atoms with Crippen LogP contribution in [0.2, 0.25) is 0 Å². The Morgan fingerprint density at radius 2 is 1.78 bits per heavy atom. The molecule has 5 rings (SSSR count). The maximum absolute atomic E-state index is 13.4. The molecule has 1 aromatic heterocycles. The molecule has 0 radical (unpaired) electrons. The van der Waals surface area contributed by atoms with Crippen LogP contribution in [0.5, 0.6) is 11.5 Å². The molecule has 2 amide bonds. The summed E-state index contributed by atoms with van der Waals surface area (Å²) in [7, 11) is 3.10. The number of methoxy groups -OCH3 is 2. The van der Waals surface area contributed by atoms with Gasteiger partial charge in [0.2, 0.25) is 5.91 Å². The number of benzene rings is 3. The van der Waals surface area contributed by atoms with Gasteiger partial charge in [0, 0.05) is 5.56 Å². The van der Waals surface area contributed by atoms with Crippen LogP contribution in [0.4, 0.5) is 0 Å². The Hall–Kier alpha value is -4.15. The largest absolute Gasteiger partial charge is 0.493 e. The summed E-state index contributed by atoms with van der Waals surface area (Å²) in [6.07, 6.45) is 1.65. The molecule has 37 heavy (non-hydrogen) atoms. The number of aliphatic imine (C=N–C) groups is 1. The number of amidine groups is 1. The van der Waals surface area contributed by atoms with Crippen molar-refractivity contribution < 1.29 is 19.1 Å². The molecule has 0 atom stereocenters. The fourth-order valence-corrected chi connectivity index (χ4v) is 5.56. The minimum Gasteiger partial charge on any atom is -0.493 e. The molecule has 0 saturated heterocycles. The minimum atomic E-state index is -0.438. The monoisotopic (exact) mass is 530 g/mol. The average molecular weight is 531 g/mol. The van der Waals surface area contributed by atoms with Gasteiger partial charge in [0.15, 0.2) is 21.7 Å². The van der Waals surface area contributed by atoms with Gasteiger partial charge in [0.1, 0.15) is 5.70 Å². The van der Waals surface area contributed by atoms with E-state index >= 15 is 0 Å². The van der Waals surface area contributed by atoms with Crippen LogP contribution in [0.3, 0.4) is 0 Å². The van der Waals surface area contributed by atoms with Gasteiger partial charge in [-0.1, -0.05) is 60.3 Å². The van der Waals surface area contributed by atoms with Gasteiger partial charge in [-0.3, -0.25) is 15.0 Å². The maximum atomic E-state index is 13.4. The molecule has 1 aliphatic rings. The van der Waals surface area contributed by atoms with Crippen LogP contribution in [-0.2, 0) is 9.59 Å². The van der Waals surface area contributed by atoms with Gasteiger partial charge in [0.05, 0.1) is 30.2 Å². The molecule has 2 heterocycles. The second-order valence-electron chi connectivity index (χ2n) is 7.86. The fraction of sp³-hybridized carbons (Fsp3) is 0.111. The van der Waals surface area contributed by atoms with E-state index in [9.17, 15) is 9.59 Å². The topological polar surface area (TPSA) is 93.1 Å². The van der Waals surface area contributed by atoms with E-state index < -0.39 is 5.91 Å². The number of hydrogen-bond acceptors (Lipinski definition) is 8. The first kappa shape index (κ1) is 24.5. The Balaban J connectivity index is 1.37. The van der Waals surface area contributed by atoms with Crippen molar-refractivity contribution in [2.75, 3.05) is 20.0 Å². The molecule has 1 aliphatic heterocycles. The van der Waals surface area contributed by atoms with E-state index in [0.717, 1.165) is 14.6 Å². The number of fused-ring (bicyclic) bond motifs is 1. The normalized spacial score (nSPS) is 14.2. The number of thioether (sulfide) groups is 1. The summed E-state index contributed by atoms with van der Waals surface area (Å²) < 4.78 is 12.5. The molecule has 0 unspecified atom stereocenters. The van der Waals surface area contributed by atoms with Crippen LogP contribution in [0.25, 0.3) is 16.3 Å². The Bertz CT molecular complexity index is 1500. The number of carbonyl (C=O) groups excluding carboxylic acids is 2. The van der Waals surface area contributed by atoms with E-state index in [1.807, 2.05) is 54.6 Å². The third kappa shape index (κ3) is 5.35. The van der Waals surface area contributed by atoms with Gasteiger partial charge in [-0.25, -0.2) is 9.98 Å². The van der Waals surface area contributed by atoms with Crippen molar-refractivity contribution in [1.29, 1.82) is 0 Å². The van der Waals surface area contributed by atoms with Crippen molar-refractivity contribution in [3.8, 4) is 11.5 Å². The SMILES string of the molecule is COc1ccc(/C=C2\N=C(c3ccccc3)N(NC(=O)CSc3nc4ccccc4s3)C2=O)cc1OC.